The van der Waals surface area contributed by atoms with Gasteiger partial charge in [-0.15, -0.1) is 0 Å². The summed E-state index contributed by atoms with van der Waals surface area (Å²) in [6.07, 6.45) is 11.5. The van der Waals surface area contributed by atoms with Gasteiger partial charge in [0, 0.05) is 43.6 Å². The smallest absolute Gasteiger partial charge is 0.225 e. The second-order valence-corrected chi connectivity index (χ2v) is 6.96. The highest BCUT2D eigenvalue weighted by Crippen LogP contribution is 2.28. The van der Waals surface area contributed by atoms with E-state index in [1.54, 1.807) is 0 Å². The molecule has 1 aliphatic heterocycles. The molecule has 1 aromatic carbocycles. The zero-order valence-electron chi connectivity index (χ0n) is 14.2. The van der Waals surface area contributed by atoms with Crippen LogP contribution in [-0.2, 0) is 13.0 Å². The zero-order chi connectivity index (χ0) is 16.2. The molecular weight excluding hydrogens is 296 g/mol. The van der Waals surface area contributed by atoms with Gasteiger partial charge in [0.25, 0.3) is 0 Å². The second-order valence-electron chi connectivity index (χ2n) is 6.96. The standard InChI is InChI=1S/C20H26N4/c1-3-9-18-17(7-1)8-2-4-10-19(18)21-13-16-14-22-20(23-15-16)24-11-5-6-12-24/h1,3,7,9,14-15,19,21H,2,4-6,8,10-13H2. The molecule has 24 heavy (non-hydrogen) atoms. The SMILES string of the molecule is c1ccc2c(c1)CCCCC2NCc1cnc(N2CCCC2)nc1. The van der Waals surface area contributed by atoms with Gasteiger partial charge in [0.05, 0.1) is 0 Å². The third kappa shape index (κ3) is 3.44. The molecule has 0 spiro atoms. The van der Waals surface area contributed by atoms with Crippen LogP contribution in [0.2, 0.25) is 0 Å². The molecule has 0 bridgehead atoms. The van der Waals surface area contributed by atoms with Crippen molar-refractivity contribution >= 4 is 5.95 Å². The second kappa shape index (κ2) is 7.31. The quantitative estimate of drug-likeness (QED) is 0.873. The average Bonchev–Trinajstić information content (AvgIpc) is 3.09. The molecule has 1 aliphatic carbocycles. The molecule has 2 heterocycles. The maximum Gasteiger partial charge on any atom is 0.225 e. The number of nitrogens with zero attached hydrogens (tertiary/aromatic N) is 3. The lowest BCUT2D eigenvalue weighted by Gasteiger charge is -2.20. The first kappa shape index (κ1) is 15.6. The first-order valence-corrected chi connectivity index (χ1v) is 9.27. The third-order valence-electron chi connectivity index (χ3n) is 5.25. The Hall–Kier alpha value is -1.94. The minimum Gasteiger partial charge on any atom is -0.341 e. The molecule has 0 amide bonds. The van der Waals surface area contributed by atoms with Gasteiger partial charge in [-0.25, -0.2) is 9.97 Å². The first-order valence-electron chi connectivity index (χ1n) is 9.27. The lowest BCUT2D eigenvalue weighted by atomic mass is 9.99. The highest BCUT2D eigenvalue weighted by Gasteiger charge is 2.18. The van der Waals surface area contributed by atoms with E-state index in [0.29, 0.717) is 6.04 Å². The van der Waals surface area contributed by atoms with Gasteiger partial charge in [0.15, 0.2) is 0 Å². The Kier molecular flexibility index (Phi) is 4.74. The third-order valence-corrected chi connectivity index (χ3v) is 5.25. The van der Waals surface area contributed by atoms with Crippen LogP contribution >= 0.6 is 0 Å². The van der Waals surface area contributed by atoms with E-state index in [0.717, 1.165) is 25.6 Å². The summed E-state index contributed by atoms with van der Waals surface area (Å²) in [5.74, 6) is 0.885. The van der Waals surface area contributed by atoms with Crippen molar-refractivity contribution in [3.63, 3.8) is 0 Å². The summed E-state index contributed by atoms with van der Waals surface area (Å²) in [7, 11) is 0. The van der Waals surface area contributed by atoms with Crippen LogP contribution < -0.4 is 10.2 Å². The van der Waals surface area contributed by atoms with E-state index in [-0.39, 0.29) is 0 Å². The van der Waals surface area contributed by atoms with E-state index in [2.05, 4.69) is 44.5 Å². The van der Waals surface area contributed by atoms with Gasteiger partial charge in [0.1, 0.15) is 0 Å². The Morgan fingerprint density at radius 1 is 1.00 bits per heavy atom. The molecule has 1 N–H and O–H groups in total. The number of benzene rings is 1. The van der Waals surface area contributed by atoms with Crippen LogP contribution in [0.25, 0.3) is 0 Å². The first-order chi connectivity index (χ1) is 11.9. The Morgan fingerprint density at radius 2 is 1.79 bits per heavy atom. The average molecular weight is 322 g/mol. The van der Waals surface area contributed by atoms with E-state index in [1.807, 2.05) is 12.4 Å². The van der Waals surface area contributed by atoms with Gasteiger partial charge in [-0.2, -0.15) is 0 Å². The summed E-state index contributed by atoms with van der Waals surface area (Å²) in [5.41, 5.74) is 4.15. The van der Waals surface area contributed by atoms with Crippen LogP contribution in [0.15, 0.2) is 36.7 Å². The van der Waals surface area contributed by atoms with Crippen LogP contribution in [0.3, 0.4) is 0 Å². The predicted molar refractivity (Wildman–Crippen MR) is 97.1 cm³/mol. The monoisotopic (exact) mass is 322 g/mol. The van der Waals surface area contributed by atoms with Crippen molar-refractivity contribution in [2.24, 2.45) is 0 Å². The summed E-state index contributed by atoms with van der Waals surface area (Å²) >= 11 is 0. The van der Waals surface area contributed by atoms with E-state index in [9.17, 15) is 0 Å². The van der Waals surface area contributed by atoms with Gasteiger partial charge in [0.2, 0.25) is 5.95 Å². The number of aromatic nitrogens is 2. The van der Waals surface area contributed by atoms with Crippen molar-refractivity contribution in [1.29, 1.82) is 0 Å². The van der Waals surface area contributed by atoms with E-state index in [1.165, 1.54) is 55.2 Å². The molecule has 2 aliphatic rings. The molecule has 126 valence electrons. The summed E-state index contributed by atoms with van der Waals surface area (Å²) in [5, 5.41) is 3.73. The normalized spacial score (nSPS) is 20.7. The summed E-state index contributed by atoms with van der Waals surface area (Å²) in [4.78, 5) is 11.4. The van der Waals surface area contributed by atoms with Crippen molar-refractivity contribution < 1.29 is 0 Å². The zero-order valence-corrected chi connectivity index (χ0v) is 14.2. The Bertz CT molecular complexity index is 662. The summed E-state index contributed by atoms with van der Waals surface area (Å²) in [6, 6.07) is 9.33. The fourth-order valence-electron chi connectivity index (χ4n) is 3.89. The van der Waals surface area contributed by atoms with E-state index < -0.39 is 0 Å². The number of hydrogen-bond donors (Lipinski definition) is 1. The topological polar surface area (TPSA) is 41.1 Å². The number of anilines is 1. The number of aryl methyl sites for hydroxylation is 1. The molecule has 2 aromatic rings. The Morgan fingerprint density at radius 3 is 2.62 bits per heavy atom. The number of fused-ring (bicyclic) bond motifs is 1. The van der Waals surface area contributed by atoms with Gasteiger partial charge in [-0.3, -0.25) is 0 Å². The molecule has 1 fully saturated rings. The molecule has 1 aromatic heterocycles. The number of rotatable bonds is 4. The van der Waals surface area contributed by atoms with Gasteiger partial charge in [-0.05, 0) is 43.2 Å². The van der Waals surface area contributed by atoms with Crippen LogP contribution in [0, 0.1) is 0 Å². The van der Waals surface area contributed by atoms with Crippen molar-refractivity contribution in [2.45, 2.75) is 51.1 Å². The van der Waals surface area contributed by atoms with Crippen molar-refractivity contribution in [3.8, 4) is 0 Å². The fraction of sp³-hybridized carbons (Fsp3) is 0.500. The Labute approximate surface area is 144 Å². The van der Waals surface area contributed by atoms with E-state index >= 15 is 0 Å². The predicted octanol–water partition coefficient (Wildman–Crippen LogP) is 3.63. The lowest BCUT2D eigenvalue weighted by Crippen LogP contribution is -2.22. The summed E-state index contributed by atoms with van der Waals surface area (Å²) in [6.45, 7) is 3.02. The van der Waals surface area contributed by atoms with Crippen LogP contribution in [-0.4, -0.2) is 23.1 Å². The van der Waals surface area contributed by atoms with Crippen LogP contribution in [0.1, 0.15) is 54.8 Å². The molecule has 1 unspecified atom stereocenters. The van der Waals surface area contributed by atoms with Crippen molar-refractivity contribution in [1.82, 2.24) is 15.3 Å². The van der Waals surface area contributed by atoms with Crippen LogP contribution in [0.4, 0.5) is 5.95 Å². The van der Waals surface area contributed by atoms with Gasteiger partial charge >= 0.3 is 0 Å². The molecule has 1 atom stereocenters. The number of hydrogen-bond acceptors (Lipinski definition) is 4. The van der Waals surface area contributed by atoms with E-state index in [4.69, 9.17) is 0 Å². The maximum absolute atomic E-state index is 4.56. The number of nitrogens with one attached hydrogen (secondary N) is 1. The highest BCUT2D eigenvalue weighted by atomic mass is 15.3. The Balaban J connectivity index is 1.41. The van der Waals surface area contributed by atoms with Gasteiger partial charge in [-0.1, -0.05) is 30.7 Å². The molecule has 0 radical (unpaired) electrons. The highest BCUT2D eigenvalue weighted by molar-refractivity contribution is 5.32. The minimum atomic E-state index is 0.446. The molecule has 1 saturated heterocycles. The van der Waals surface area contributed by atoms with Crippen molar-refractivity contribution in [2.75, 3.05) is 18.0 Å². The molecule has 4 nitrogen and oxygen atoms in total. The fourth-order valence-corrected chi connectivity index (χ4v) is 3.89. The molecular formula is C20H26N4. The summed E-state index contributed by atoms with van der Waals surface area (Å²) < 4.78 is 0. The van der Waals surface area contributed by atoms with Gasteiger partial charge < -0.3 is 10.2 Å². The maximum atomic E-state index is 4.56. The largest absolute Gasteiger partial charge is 0.341 e. The van der Waals surface area contributed by atoms with Crippen LogP contribution in [0.5, 0.6) is 0 Å². The van der Waals surface area contributed by atoms with Crippen molar-refractivity contribution in [3.05, 3.63) is 53.3 Å². The molecule has 0 saturated carbocycles. The molecule has 4 rings (SSSR count). The molecule has 4 heteroatoms. The minimum absolute atomic E-state index is 0.446. The lowest BCUT2D eigenvalue weighted by molar-refractivity contribution is 0.488.